The van der Waals surface area contributed by atoms with Crippen LogP contribution in [0.3, 0.4) is 0 Å². The fraction of sp³-hybridized carbons (Fsp3) is 0.810. The third-order valence-corrected chi connectivity index (χ3v) is 10.0. The second-order valence-electron chi connectivity index (χ2n) is 10.2. The van der Waals surface area contributed by atoms with Gasteiger partial charge in [0, 0.05) is 12.3 Å². The van der Waals surface area contributed by atoms with Crippen LogP contribution in [-0.2, 0) is 34.0 Å². The van der Waals surface area contributed by atoms with Gasteiger partial charge >= 0.3 is 20.8 Å². The molecule has 0 aromatic rings. The molecule has 0 saturated heterocycles. The van der Waals surface area contributed by atoms with Crippen LogP contribution in [0.1, 0.15) is 72.1 Å². The van der Waals surface area contributed by atoms with Gasteiger partial charge in [0.25, 0.3) is 0 Å². The first-order valence-corrected chi connectivity index (χ1v) is 13.7. The highest BCUT2D eigenvalue weighted by Gasteiger charge is 2.59. The van der Waals surface area contributed by atoms with Crippen LogP contribution in [0, 0.1) is 34.5 Å². The Labute approximate surface area is 189 Å². The third-order valence-electron chi connectivity index (χ3n) is 8.62. The highest BCUT2D eigenvalue weighted by Crippen LogP contribution is 2.66. The lowest BCUT2D eigenvalue weighted by molar-refractivity contribution is -0.128. The van der Waals surface area contributed by atoms with E-state index in [0.29, 0.717) is 17.5 Å². The van der Waals surface area contributed by atoms with Crippen LogP contribution in [-0.4, -0.2) is 37.5 Å². The Morgan fingerprint density at radius 1 is 0.969 bits per heavy atom. The van der Waals surface area contributed by atoms with Crippen molar-refractivity contribution in [2.24, 2.45) is 34.5 Å². The first-order chi connectivity index (χ1) is 14.6. The highest BCUT2D eigenvalue weighted by atomic mass is 32.3. The Balaban J connectivity index is 0.000000275. The summed E-state index contributed by atoms with van der Waals surface area (Å²) in [6.07, 6.45) is 10.9. The molecule has 182 valence electrons. The van der Waals surface area contributed by atoms with E-state index in [2.05, 4.69) is 17.5 Å². The maximum absolute atomic E-state index is 12.1. The van der Waals surface area contributed by atoms with E-state index in [9.17, 15) is 26.4 Å². The van der Waals surface area contributed by atoms with Crippen molar-refractivity contribution in [3.8, 4) is 0 Å². The van der Waals surface area contributed by atoms with Gasteiger partial charge < -0.3 is 0 Å². The summed E-state index contributed by atoms with van der Waals surface area (Å²) in [5, 5.41) is 0. The molecule has 32 heavy (non-hydrogen) atoms. The molecular formula is C21H32O9S2. The molecule has 4 aliphatic rings. The minimum Gasteiger partial charge on any atom is -0.300 e. The van der Waals surface area contributed by atoms with Crippen molar-refractivity contribution in [2.75, 3.05) is 0 Å². The van der Waals surface area contributed by atoms with E-state index in [1.807, 2.05) is 6.08 Å². The quantitative estimate of drug-likeness (QED) is 0.565. The zero-order valence-electron chi connectivity index (χ0n) is 18.6. The fourth-order valence-electron chi connectivity index (χ4n) is 7.34. The van der Waals surface area contributed by atoms with Crippen LogP contribution >= 0.6 is 0 Å². The molecule has 3 saturated carbocycles. The molecule has 0 aromatic carbocycles. The molecule has 0 amide bonds. The molecule has 3 fully saturated rings. The van der Waals surface area contributed by atoms with Crippen molar-refractivity contribution in [3.63, 3.8) is 0 Å². The van der Waals surface area contributed by atoms with Crippen LogP contribution in [0.25, 0.3) is 0 Å². The summed E-state index contributed by atoms with van der Waals surface area (Å²) in [7, 11) is -10.2. The van der Waals surface area contributed by atoms with E-state index in [0.717, 1.165) is 43.4 Å². The number of ketones is 2. The lowest BCUT2D eigenvalue weighted by atomic mass is 9.47. The number of hydrogen-bond donors (Lipinski definition) is 2. The average molecular weight is 493 g/mol. The maximum Gasteiger partial charge on any atom is 0.413 e. The Kier molecular flexibility index (Phi) is 6.83. The molecule has 0 heterocycles. The van der Waals surface area contributed by atoms with Gasteiger partial charge in [0.1, 0.15) is 5.78 Å². The SMILES string of the molecule is CC(=O)[C@H]1CC[C@H]2[C@@H]3CCC4=CC(=O)CC[C@]4(C)[C@H]3CC[C@]12C.O=S(=O)(O)OS(=O)(=O)O. The summed E-state index contributed by atoms with van der Waals surface area (Å²) >= 11 is 0. The maximum atomic E-state index is 12.1. The molecule has 4 rings (SSSR count). The summed E-state index contributed by atoms with van der Waals surface area (Å²) in [6.45, 7) is 6.65. The van der Waals surface area contributed by atoms with Gasteiger partial charge in [0.15, 0.2) is 5.78 Å². The Hall–Kier alpha value is -1.14. The van der Waals surface area contributed by atoms with Crippen LogP contribution in [0.4, 0.5) is 0 Å². The van der Waals surface area contributed by atoms with Gasteiger partial charge in [-0.15, -0.1) is 3.63 Å². The van der Waals surface area contributed by atoms with Crippen molar-refractivity contribution >= 4 is 32.4 Å². The van der Waals surface area contributed by atoms with E-state index >= 15 is 0 Å². The molecule has 0 unspecified atom stereocenters. The Morgan fingerprint density at radius 2 is 1.59 bits per heavy atom. The van der Waals surface area contributed by atoms with Crippen molar-refractivity contribution in [2.45, 2.75) is 72.1 Å². The predicted octanol–water partition coefficient (Wildman–Crippen LogP) is 3.33. The van der Waals surface area contributed by atoms with Crippen LogP contribution < -0.4 is 0 Å². The van der Waals surface area contributed by atoms with Gasteiger partial charge in [0.05, 0.1) is 0 Å². The number of carbonyl (C=O) groups excluding carboxylic acids is 2. The minimum absolute atomic E-state index is 0.245. The Bertz CT molecular complexity index is 999. The third kappa shape index (κ3) is 5.01. The van der Waals surface area contributed by atoms with E-state index in [-0.39, 0.29) is 10.8 Å². The smallest absolute Gasteiger partial charge is 0.300 e. The standard InChI is InChI=1S/C21H30O2.H2O7S2/c1-13(22)17-6-7-18-16-5-4-14-12-15(23)8-10-20(14,2)19(16)9-11-21(17,18)3;1-8(2,3)7-9(4,5)6/h12,16-19H,4-11H2,1-3H3;(H,1,2,3)(H,4,5,6)/t16-,17+,18-,19-,20-,21+;/m0./s1. The van der Waals surface area contributed by atoms with Gasteiger partial charge in [-0.25, -0.2) is 0 Å². The summed E-state index contributed by atoms with van der Waals surface area (Å²) in [5.41, 5.74) is 1.95. The van der Waals surface area contributed by atoms with Gasteiger partial charge in [-0.2, -0.15) is 16.8 Å². The first kappa shape index (κ1) is 25.5. The minimum atomic E-state index is -5.12. The number of fused-ring (bicyclic) bond motifs is 5. The van der Waals surface area contributed by atoms with Gasteiger partial charge in [-0.3, -0.25) is 18.7 Å². The van der Waals surface area contributed by atoms with Gasteiger partial charge in [0.2, 0.25) is 0 Å². The largest absolute Gasteiger partial charge is 0.413 e. The lowest BCUT2D eigenvalue weighted by Gasteiger charge is -2.58. The molecule has 9 nitrogen and oxygen atoms in total. The number of allylic oxidation sites excluding steroid dienone is 1. The van der Waals surface area contributed by atoms with E-state index in [4.69, 9.17) is 9.11 Å². The molecule has 0 aromatic heterocycles. The molecule has 0 radical (unpaired) electrons. The number of rotatable bonds is 3. The van der Waals surface area contributed by atoms with Crippen molar-refractivity contribution in [1.82, 2.24) is 0 Å². The molecule has 0 aliphatic heterocycles. The lowest BCUT2D eigenvalue weighted by Crippen LogP contribution is -2.51. The molecule has 4 aliphatic carbocycles. The second kappa shape index (κ2) is 8.57. The Morgan fingerprint density at radius 3 is 2.12 bits per heavy atom. The summed E-state index contributed by atoms with van der Waals surface area (Å²) in [6, 6.07) is 0. The molecule has 0 bridgehead atoms. The van der Waals surface area contributed by atoms with E-state index < -0.39 is 20.8 Å². The van der Waals surface area contributed by atoms with Crippen LogP contribution in [0.5, 0.6) is 0 Å². The predicted molar refractivity (Wildman–Crippen MR) is 115 cm³/mol. The first-order valence-electron chi connectivity index (χ1n) is 11.0. The molecular weight excluding hydrogens is 460 g/mol. The van der Waals surface area contributed by atoms with Gasteiger partial charge in [-0.05, 0) is 86.5 Å². The average Bonchev–Trinajstić information content (AvgIpc) is 2.97. The summed E-state index contributed by atoms with van der Waals surface area (Å²) in [4.78, 5) is 24.0. The molecule has 6 atom stereocenters. The highest BCUT2D eigenvalue weighted by molar-refractivity contribution is 7.94. The number of hydrogen-bond acceptors (Lipinski definition) is 7. The van der Waals surface area contributed by atoms with E-state index in [1.165, 1.54) is 31.3 Å². The molecule has 0 spiro atoms. The number of Topliss-reactive ketones (excluding diaryl/α,β-unsaturated/α-hetero) is 1. The number of carbonyl (C=O) groups is 2. The fourth-order valence-corrected chi connectivity index (χ4v) is 8.21. The van der Waals surface area contributed by atoms with E-state index in [1.54, 1.807) is 6.92 Å². The zero-order valence-corrected chi connectivity index (χ0v) is 20.2. The van der Waals surface area contributed by atoms with Crippen LogP contribution in [0.15, 0.2) is 11.6 Å². The topological polar surface area (TPSA) is 152 Å². The monoisotopic (exact) mass is 492 g/mol. The van der Waals surface area contributed by atoms with Crippen molar-refractivity contribution in [1.29, 1.82) is 0 Å². The normalized spacial score (nSPS) is 39.0. The second-order valence-corrected chi connectivity index (χ2v) is 12.4. The molecule has 2 N–H and O–H groups in total. The van der Waals surface area contributed by atoms with Gasteiger partial charge in [-0.1, -0.05) is 19.4 Å². The van der Waals surface area contributed by atoms with Crippen molar-refractivity contribution < 1.29 is 39.2 Å². The summed E-state index contributed by atoms with van der Waals surface area (Å²) in [5.74, 6) is 3.29. The van der Waals surface area contributed by atoms with Crippen LogP contribution in [0.2, 0.25) is 0 Å². The summed E-state index contributed by atoms with van der Waals surface area (Å²) < 4.78 is 55.6. The van der Waals surface area contributed by atoms with Crippen molar-refractivity contribution in [3.05, 3.63) is 11.6 Å². The zero-order chi connectivity index (χ0) is 24.1. The molecule has 11 heteroatoms.